The van der Waals surface area contributed by atoms with E-state index < -0.39 is 0 Å². The van der Waals surface area contributed by atoms with E-state index in [9.17, 15) is 0 Å². The average Bonchev–Trinajstić information content (AvgIpc) is 2.31. The number of nitrogens with zero attached hydrogens (tertiary/aromatic N) is 1. The number of unbranched alkanes of at least 4 members (excludes halogenated alkanes) is 1. The molecule has 0 aromatic heterocycles. The third-order valence-electron chi connectivity index (χ3n) is 4.11. The summed E-state index contributed by atoms with van der Waals surface area (Å²) in [4.78, 5) is 2.80. The number of hydrogen-bond donors (Lipinski definition) is 1. The van der Waals surface area contributed by atoms with Crippen LogP contribution in [0.5, 0.6) is 0 Å². The topological polar surface area (TPSA) is 15.3 Å². The molecule has 3 atom stereocenters. The Balaban J connectivity index is 2.58. The molecule has 0 amide bonds. The summed E-state index contributed by atoms with van der Waals surface area (Å²) in [6.07, 6.45) is 6.83. The molecule has 0 bridgehead atoms. The van der Waals surface area contributed by atoms with Crippen LogP contribution in [0.4, 0.5) is 0 Å². The fourth-order valence-corrected chi connectivity index (χ4v) is 3.16. The van der Waals surface area contributed by atoms with Gasteiger partial charge in [0.05, 0.1) is 0 Å². The fourth-order valence-electron chi connectivity index (χ4n) is 3.16. The van der Waals surface area contributed by atoms with Crippen molar-refractivity contribution in [1.29, 1.82) is 0 Å². The molecule has 0 saturated carbocycles. The van der Waals surface area contributed by atoms with Crippen LogP contribution in [-0.4, -0.2) is 37.1 Å². The second kappa shape index (κ2) is 8.92. The van der Waals surface area contributed by atoms with Crippen LogP contribution in [0.2, 0.25) is 0 Å². The van der Waals surface area contributed by atoms with E-state index in [1.165, 1.54) is 58.3 Å². The summed E-state index contributed by atoms with van der Waals surface area (Å²) < 4.78 is 0. The smallest absolute Gasteiger partial charge is 0.00954 e. The third kappa shape index (κ3) is 5.71. The molecule has 0 spiro atoms. The zero-order chi connectivity index (χ0) is 13.4. The van der Waals surface area contributed by atoms with Crippen molar-refractivity contribution in [3.63, 3.8) is 0 Å². The minimum atomic E-state index is 0.790. The van der Waals surface area contributed by atoms with Gasteiger partial charge in [0.2, 0.25) is 0 Å². The molecule has 0 radical (unpaired) electrons. The molecule has 2 heteroatoms. The van der Waals surface area contributed by atoms with Gasteiger partial charge in [-0.25, -0.2) is 0 Å². The van der Waals surface area contributed by atoms with Gasteiger partial charge in [0.1, 0.15) is 0 Å². The number of nitrogens with one attached hydrogen (secondary N) is 1. The molecule has 1 aliphatic rings. The molecule has 108 valence electrons. The largest absolute Gasteiger partial charge is 0.316 e. The summed E-state index contributed by atoms with van der Waals surface area (Å²) in [5.74, 6) is 1.58. The van der Waals surface area contributed by atoms with Gasteiger partial charge in [-0.2, -0.15) is 0 Å². The van der Waals surface area contributed by atoms with Gasteiger partial charge in [0, 0.05) is 19.1 Å². The molecule has 18 heavy (non-hydrogen) atoms. The summed E-state index contributed by atoms with van der Waals surface area (Å²) in [6, 6.07) is 0.831. The Kier molecular flexibility index (Phi) is 7.92. The van der Waals surface area contributed by atoms with Crippen LogP contribution in [0.25, 0.3) is 0 Å². The molecule has 1 aliphatic heterocycles. The van der Waals surface area contributed by atoms with Gasteiger partial charge in [0.25, 0.3) is 0 Å². The highest BCUT2D eigenvalue weighted by atomic mass is 15.2. The van der Waals surface area contributed by atoms with Gasteiger partial charge < -0.3 is 5.32 Å². The standard InChI is InChI=1S/C16H34N2/c1-5-7-9-16(8-6-2)18-12-14(3)10-17-11-15(4)13-18/h14-17H,5-13H2,1-4H3. The van der Waals surface area contributed by atoms with Crippen molar-refractivity contribution in [2.75, 3.05) is 26.2 Å². The Morgan fingerprint density at radius 1 is 1.00 bits per heavy atom. The normalized spacial score (nSPS) is 28.7. The maximum atomic E-state index is 3.59. The van der Waals surface area contributed by atoms with Crippen molar-refractivity contribution in [2.45, 2.75) is 65.8 Å². The Morgan fingerprint density at radius 2 is 1.61 bits per heavy atom. The van der Waals surface area contributed by atoms with Gasteiger partial charge >= 0.3 is 0 Å². The molecule has 1 N–H and O–H groups in total. The van der Waals surface area contributed by atoms with Crippen molar-refractivity contribution in [3.05, 3.63) is 0 Å². The molecular weight excluding hydrogens is 220 g/mol. The van der Waals surface area contributed by atoms with Gasteiger partial charge in [-0.1, -0.05) is 47.0 Å². The number of rotatable bonds is 6. The van der Waals surface area contributed by atoms with Crippen LogP contribution in [0, 0.1) is 11.8 Å². The quantitative estimate of drug-likeness (QED) is 0.780. The van der Waals surface area contributed by atoms with Crippen LogP contribution >= 0.6 is 0 Å². The van der Waals surface area contributed by atoms with Crippen LogP contribution in [0.15, 0.2) is 0 Å². The van der Waals surface area contributed by atoms with Crippen molar-refractivity contribution < 1.29 is 0 Å². The second-order valence-electron chi connectivity index (χ2n) is 6.41. The van der Waals surface area contributed by atoms with Crippen molar-refractivity contribution >= 4 is 0 Å². The van der Waals surface area contributed by atoms with Crippen LogP contribution in [0.3, 0.4) is 0 Å². The predicted molar refractivity (Wildman–Crippen MR) is 81.0 cm³/mol. The maximum Gasteiger partial charge on any atom is 0.00954 e. The summed E-state index contributed by atoms with van der Waals surface area (Å²) in [7, 11) is 0. The molecule has 0 aromatic rings. The van der Waals surface area contributed by atoms with E-state index >= 15 is 0 Å². The Morgan fingerprint density at radius 3 is 2.11 bits per heavy atom. The highest BCUT2D eigenvalue weighted by Gasteiger charge is 2.23. The van der Waals surface area contributed by atoms with Gasteiger partial charge in [-0.3, -0.25) is 4.90 Å². The lowest BCUT2D eigenvalue weighted by Crippen LogP contribution is -2.47. The molecule has 1 rings (SSSR count). The highest BCUT2D eigenvalue weighted by molar-refractivity contribution is 4.79. The van der Waals surface area contributed by atoms with Crippen molar-refractivity contribution in [2.24, 2.45) is 11.8 Å². The average molecular weight is 254 g/mol. The van der Waals surface area contributed by atoms with E-state index in [4.69, 9.17) is 0 Å². The number of hydrogen-bond acceptors (Lipinski definition) is 2. The van der Waals surface area contributed by atoms with E-state index in [0.717, 1.165) is 17.9 Å². The molecule has 1 heterocycles. The van der Waals surface area contributed by atoms with E-state index in [0.29, 0.717) is 0 Å². The monoisotopic (exact) mass is 254 g/mol. The Bertz CT molecular complexity index is 193. The Hall–Kier alpha value is -0.0800. The zero-order valence-corrected chi connectivity index (χ0v) is 13.0. The highest BCUT2D eigenvalue weighted by Crippen LogP contribution is 2.19. The molecule has 0 aliphatic carbocycles. The van der Waals surface area contributed by atoms with E-state index in [1.54, 1.807) is 0 Å². The van der Waals surface area contributed by atoms with Crippen LogP contribution in [0.1, 0.15) is 59.8 Å². The van der Waals surface area contributed by atoms with Gasteiger partial charge in [0.15, 0.2) is 0 Å². The molecule has 2 nitrogen and oxygen atoms in total. The minimum absolute atomic E-state index is 0.790. The van der Waals surface area contributed by atoms with Gasteiger partial charge in [-0.15, -0.1) is 0 Å². The lowest BCUT2D eigenvalue weighted by atomic mass is 9.98. The Labute approximate surface area is 115 Å². The van der Waals surface area contributed by atoms with Crippen molar-refractivity contribution in [1.82, 2.24) is 10.2 Å². The predicted octanol–water partition coefficient (Wildman–Crippen LogP) is 3.52. The summed E-state index contributed by atoms with van der Waals surface area (Å²) in [5, 5.41) is 3.59. The second-order valence-corrected chi connectivity index (χ2v) is 6.41. The first kappa shape index (κ1) is 16.0. The lowest BCUT2D eigenvalue weighted by molar-refractivity contribution is 0.118. The van der Waals surface area contributed by atoms with Crippen LogP contribution < -0.4 is 5.32 Å². The summed E-state index contributed by atoms with van der Waals surface area (Å²) in [6.45, 7) is 14.4. The maximum absolute atomic E-state index is 3.59. The lowest BCUT2D eigenvalue weighted by Gasteiger charge is -2.37. The SMILES string of the molecule is CCCCC(CCC)N1CC(C)CNCC(C)C1. The van der Waals surface area contributed by atoms with Crippen LogP contribution in [-0.2, 0) is 0 Å². The summed E-state index contributed by atoms with van der Waals surface area (Å²) >= 11 is 0. The molecule has 1 saturated heterocycles. The third-order valence-corrected chi connectivity index (χ3v) is 4.11. The molecule has 1 fully saturated rings. The zero-order valence-electron chi connectivity index (χ0n) is 13.0. The van der Waals surface area contributed by atoms with Crippen molar-refractivity contribution in [3.8, 4) is 0 Å². The fraction of sp³-hybridized carbons (Fsp3) is 1.00. The first-order valence-corrected chi connectivity index (χ1v) is 8.12. The van der Waals surface area contributed by atoms with E-state index in [2.05, 4.69) is 37.9 Å². The first-order valence-electron chi connectivity index (χ1n) is 8.12. The molecule has 3 unspecified atom stereocenters. The first-order chi connectivity index (χ1) is 8.67. The van der Waals surface area contributed by atoms with E-state index in [-0.39, 0.29) is 0 Å². The molecular formula is C16H34N2. The molecule has 0 aromatic carbocycles. The summed E-state index contributed by atoms with van der Waals surface area (Å²) in [5.41, 5.74) is 0. The van der Waals surface area contributed by atoms with E-state index in [1.807, 2.05) is 0 Å². The van der Waals surface area contributed by atoms with Gasteiger partial charge in [-0.05, 0) is 37.8 Å². The minimum Gasteiger partial charge on any atom is -0.316 e.